The van der Waals surface area contributed by atoms with Crippen molar-refractivity contribution in [1.82, 2.24) is 9.80 Å². The summed E-state index contributed by atoms with van der Waals surface area (Å²) in [4.78, 5) is 16.6. The van der Waals surface area contributed by atoms with Gasteiger partial charge in [-0.25, -0.2) is 0 Å². The predicted octanol–water partition coefficient (Wildman–Crippen LogP) is -0.360. The summed E-state index contributed by atoms with van der Waals surface area (Å²) in [6.45, 7) is 4.27. The number of β-amino-alcohol motifs (C(OH)–C–C–N with tert-alkyl or cyclic N) is 1. The lowest BCUT2D eigenvalue weighted by molar-refractivity contribution is -0.138. The first-order valence-electron chi connectivity index (χ1n) is 7.08. The minimum atomic E-state index is 0.151. The lowest BCUT2D eigenvalue weighted by atomic mass is 9.85. The molecule has 5 heteroatoms. The molecule has 1 saturated carbocycles. The van der Waals surface area contributed by atoms with Crippen molar-refractivity contribution in [2.75, 3.05) is 39.3 Å². The Balaban J connectivity index is 1.80. The van der Waals surface area contributed by atoms with Gasteiger partial charge in [0.1, 0.15) is 0 Å². The first-order chi connectivity index (χ1) is 8.70. The average Bonchev–Trinajstić information content (AvgIpc) is 2.39. The highest BCUT2D eigenvalue weighted by Crippen LogP contribution is 2.25. The molecule has 1 aliphatic heterocycles. The Hall–Kier alpha value is -0.650. The quantitative estimate of drug-likeness (QED) is 0.722. The van der Waals surface area contributed by atoms with Gasteiger partial charge in [-0.15, -0.1) is 0 Å². The normalized spacial score (nSPS) is 30.4. The zero-order valence-electron chi connectivity index (χ0n) is 11.1. The molecule has 1 saturated heterocycles. The van der Waals surface area contributed by atoms with E-state index in [1.54, 1.807) is 0 Å². The van der Waals surface area contributed by atoms with E-state index < -0.39 is 0 Å². The number of hydrogen-bond acceptors (Lipinski definition) is 4. The largest absolute Gasteiger partial charge is 0.395 e. The Kier molecular flexibility index (Phi) is 4.97. The van der Waals surface area contributed by atoms with Crippen LogP contribution in [0, 0.1) is 5.92 Å². The molecule has 2 fully saturated rings. The first-order valence-corrected chi connectivity index (χ1v) is 7.08. The van der Waals surface area contributed by atoms with E-state index in [-0.39, 0.29) is 18.6 Å². The van der Waals surface area contributed by atoms with Crippen LogP contribution < -0.4 is 5.73 Å². The first kappa shape index (κ1) is 13.8. The number of amides is 1. The summed E-state index contributed by atoms with van der Waals surface area (Å²) >= 11 is 0. The van der Waals surface area contributed by atoms with E-state index >= 15 is 0 Å². The summed E-state index contributed by atoms with van der Waals surface area (Å²) in [5.41, 5.74) is 5.95. The van der Waals surface area contributed by atoms with E-state index in [4.69, 9.17) is 10.8 Å². The zero-order valence-corrected chi connectivity index (χ0v) is 11.1. The second-order valence-corrected chi connectivity index (χ2v) is 5.51. The van der Waals surface area contributed by atoms with Gasteiger partial charge in [0.15, 0.2) is 0 Å². The van der Waals surface area contributed by atoms with Crippen LogP contribution in [0.1, 0.15) is 25.7 Å². The average molecular weight is 255 g/mol. The van der Waals surface area contributed by atoms with Crippen molar-refractivity contribution in [3.63, 3.8) is 0 Å². The van der Waals surface area contributed by atoms with Gasteiger partial charge >= 0.3 is 0 Å². The second kappa shape index (κ2) is 6.50. The topological polar surface area (TPSA) is 69.8 Å². The number of piperazine rings is 1. The van der Waals surface area contributed by atoms with Crippen LogP contribution in [0.5, 0.6) is 0 Å². The molecule has 0 unspecified atom stereocenters. The van der Waals surface area contributed by atoms with Crippen LogP contribution in [-0.2, 0) is 4.79 Å². The van der Waals surface area contributed by atoms with Gasteiger partial charge in [-0.3, -0.25) is 9.69 Å². The van der Waals surface area contributed by atoms with Crippen LogP contribution in [0.2, 0.25) is 0 Å². The fraction of sp³-hybridized carbons (Fsp3) is 0.923. The molecule has 18 heavy (non-hydrogen) atoms. The number of hydrogen-bond donors (Lipinski definition) is 2. The lowest BCUT2D eigenvalue weighted by Gasteiger charge is -2.37. The van der Waals surface area contributed by atoms with Gasteiger partial charge in [0.25, 0.3) is 0 Å². The molecule has 0 radical (unpaired) electrons. The number of aliphatic hydroxyl groups is 1. The maximum absolute atomic E-state index is 12.4. The summed E-state index contributed by atoms with van der Waals surface area (Å²) < 4.78 is 0. The van der Waals surface area contributed by atoms with E-state index in [0.717, 1.165) is 58.4 Å². The molecule has 0 aromatic carbocycles. The van der Waals surface area contributed by atoms with Crippen molar-refractivity contribution in [3.05, 3.63) is 0 Å². The number of carbonyl (C=O) groups is 1. The van der Waals surface area contributed by atoms with Crippen LogP contribution in [0.15, 0.2) is 0 Å². The molecular weight excluding hydrogens is 230 g/mol. The van der Waals surface area contributed by atoms with Crippen molar-refractivity contribution in [2.24, 2.45) is 11.7 Å². The molecule has 0 spiro atoms. The number of nitrogens with zero attached hydrogens (tertiary/aromatic N) is 2. The Bertz CT molecular complexity index is 277. The minimum Gasteiger partial charge on any atom is -0.395 e. The van der Waals surface area contributed by atoms with Gasteiger partial charge < -0.3 is 15.7 Å². The third-order valence-corrected chi connectivity index (χ3v) is 4.16. The number of aliphatic hydroxyl groups excluding tert-OH is 1. The summed E-state index contributed by atoms with van der Waals surface area (Å²) in [7, 11) is 0. The number of nitrogens with two attached hydrogens (primary N) is 1. The Morgan fingerprint density at radius 1 is 1.22 bits per heavy atom. The van der Waals surface area contributed by atoms with Crippen LogP contribution in [0.25, 0.3) is 0 Å². The molecule has 104 valence electrons. The third-order valence-electron chi connectivity index (χ3n) is 4.16. The zero-order chi connectivity index (χ0) is 13.0. The monoisotopic (exact) mass is 255 g/mol. The van der Waals surface area contributed by atoms with E-state index in [0.29, 0.717) is 5.91 Å². The van der Waals surface area contributed by atoms with E-state index in [1.807, 2.05) is 4.90 Å². The van der Waals surface area contributed by atoms with E-state index in [9.17, 15) is 4.79 Å². The number of carbonyl (C=O) groups excluding carboxylic acids is 1. The van der Waals surface area contributed by atoms with Gasteiger partial charge in [0, 0.05) is 44.7 Å². The molecule has 2 aliphatic rings. The highest BCUT2D eigenvalue weighted by molar-refractivity contribution is 5.79. The van der Waals surface area contributed by atoms with Crippen LogP contribution >= 0.6 is 0 Å². The molecule has 0 aromatic rings. The molecule has 0 aromatic heterocycles. The fourth-order valence-electron chi connectivity index (χ4n) is 3.04. The van der Waals surface area contributed by atoms with Crippen molar-refractivity contribution in [1.29, 1.82) is 0 Å². The molecule has 1 amide bonds. The highest BCUT2D eigenvalue weighted by atomic mass is 16.3. The van der Waals surface area contributed by atoms with E-state index in [1.165, 1.54) is 0 Å². The summed E-state index contributed by atoms with van der Waals surface area (Å²) in [5, 5.41) is 8.89. The smallest absolute Gasteiger partial charge is 0.225 e. The SMILES string of the molecule is N[C@@H]1CCC[C@@H](C(=O)N2CCN(CCO)CC2)C1. The molecule has 5 nitrogen and oxygen atoms in total. The molecule has 1 heterocycles. The lowest BCUT2D eigenvalue weighted by Crippen LogP contribution is -2.51. The maximum Gasteiger partial charge on any atom is 0.225 e. The Morgan fingerprint density at radius 2 is 1.94 bits per heavy atom. The van der Waals surface area contributed by atoms with Gasteiger partial charge in [0.2, 0.25) is 5.91 Å². The molecule has 1 aliphatic carbocycles. The molecular formula is C13H25N3O2. The van der Waals surface area contributed by atoms with Crippen molar-refractivity contribution in [2.45, 2.75) is 31.7 Å². The molecule has 3 N–H and O–H groups in total. The van der Waals surface area contributed by atoms with Gasteiger partial charge in [-0.05, 0) is 19.3 Å². The molecule has 2 atom stereocenters. The minimum absolute atomic E-state index is 0.151. The van der Waals surface area contributed by atoms with Crippen LogP contribution in [-0.4, -0.2) is 66.2 Å². The van der Waals surface area contributed by atoms with Crippen LogP contribution in [0.4, 0.5) is 0 Å². The summed E-state index contributed by atoms with van der Waals surface area (Å²) in [6, 6.07) is 0.211. The van der Waals surface area contributed by atoms with Gasteiger partial charge in [-0.2, -0.15) is 0 Å². The molecule has 2 rings (SSSR count). The van der Waals surface area contributed by atoms with Crippen molar-refractivity contribution >= 4 is 5.91 Å². The predicted molar refractivity (Wildman–Crippen MR) is 70.0 cm³/mol. The van der Waals surface area contributed by atoms with Crippen molar-refractivity contribution < 1.29 is 9.90 Å². The third kappa shape index (κ3) is 3.43. The highest BCUT2D eigenvalue weighted by Gasteiger charge is 2.30. The fourth-order valence-corrected chi connectivity index (χ4v) is 3.04. The molecule has 0 bridgehead atoms. The van der Waals surface area contributed by atoms with E-state index in [2.05, 4.69) is 4.90 Å². The standard InChI is InChI=1S/C13H25N3O2/c14-12-3-1-2-11(10-12)13(18)16-6-4-15(5-7-16)8-9-17/h11-12,17H,1-10,14H2/t11-,12-/m1/s1. The summed E-state index contributed by atoms with van der Waals surface area (Å²) in [5.74, 6) is 0.451. The number of rotatable bonds is 3. The van der Waals surface area contributed by atoms with Gasteiger partial charge in [0.05, 0.1) is 6.61 Å². The Labute approximate surface area is 109 Å². The maximum atomic E-state index is 12.4. The van der Waals surface area contributed by atoms with Gasteiger partial charge in [-0.1, -0.05) is 6.42 Å². The second-order valence-electron chi connectivity index (χ2n) is 5.51. The van der Waals surface area contributed by atoms with Crippen LogP contribution in [0.3, 0.4) is 0 Å². The Morgan fingerprint density at radius 3 is 2.56 bits per heavy atom. The van der Waals surface area contributed by atoms with Crippen molar-refractivity contribution in [3.8, 4) is 0 Å². The summed E-state index contributed by atoms with van der Waals surface area (Å²) in [6.07, 6.45) is 4.01.